The highest BCUT2D eigenvalue weighted by molar-refractivity contribution is 5.89. The van der Waals surface area contributed by atoms with E-state index in [2.05, 4.69) is 38.2 Å². The van der Waals surface area contributed by atoms with Crippen LogP contribution in [0.3, 0.4) is 0 Å². The lowest BCUT2D eigenvalue weighted by atomic mass is 9.84. The van der Waals surface area contributed by atoms with Crippen LogP contribution in [0.15, 0.2) is 24.3 Å². The molecule has 1 aliphatic heterocycles. The van der Waals surface area contributed by atoms with Gasteiger partial charge in [0.05, 0.1) is 6.42 Å². The quantitative estimate of drug-likeness (QED) is 0.466. The van der Waals surface area contributed by atoms with Crippen LogP contribution in [0.4, 0.5) is 4.79 Å². The zero-order chi connectivity index (χ0) is 29.8. The number of pyridine rings is 1. The number of benzene rings is 1. The third-order valence-electron chi connectivity index (χ3n) is 6.98. The van der Waals surface area contributed by atoms with Crippen LogP contribution in [0, 0.1) is 12.3 Å². The van der Waals surface area contributed by atoms with Gasteiger partial charge in [-0.1, -0.05) is 57.5 Å². The average molecular weight is 551 g/mol. The number of carbonyl (C=O) groups excluding carboxylic acids is 3. The van der Waals surface area contributed by atoms with E-state index in [4.69, 9.17) is 15.5 Å². The maximum Gasteiger partial charge on any atom is 0.407 e. The predicted octanol–water partition coefficient (Wildman–Crippen LogP) is 5.25. The van der Waals surface area contributed by atoms with E-state index in [0.29, 0.717) is 25.8 Å². The largest absolute Gasteiger partial charge is 0.444 e. The molecule has 0 saturated carbocycles. The number of aromatic nitrogens is 1. The number of likely N-dealkylation sites (tertiary alicyclic amines) is 1. The fourth-order valence-corrected chi connectivity index (χ4v) is 5.25. The Morgan fingerprint density at radius 1 is 1.05 bits per heavy atom. The molecule has 40 heavy (non-hydrogen) atoms. The number of carbonyl (C=O) groups is 3. The number of nitrogens with zero attached hydrogens (tertiary/aromatic N) is 2. The molecule has 1 aromatic heterocycles. The van der Waals surface area contributed by atoms with Gasteiger partial charge in [0.2, 0.25) is 11.8 Å². The maximum absolute atomic E-state index is 13.7. The second-order valence-electron chi connectivity index (χ2n) is 13.0. The molecule has 1 saturated heterocycles. The number of alkyl carbamates (subject to hydrolysis) is 1. The van der Waals surface area contributed by atoms with Crippen LogP contribution in [0.5, 0.6) is 0 Å². The van der Waals surface area contributed by atoms with Crippen molar-refractivity contribution in [1.82, 2.24) is 15.2 Å². The van der Waals surface area contributed by atoms with Crippen LogP contribution < -0.4 is 11.1 Å². The van der Waals surface area contributed by atoms with Gasteiger partial charge in [-0.05, 0) is 75.5 Å². The third-order valence-corrected chi connectivity index (χ3v) is 6.98. The summed E-state index contributed by atoms with van der Waals surface area (Å²) in [4.78, 5) is 45.2. The van der Waals surface area contributed by atoms with Crippen molar-refractivity contribution in [2.45, 2.75) is 106 Å². The molecule has 3 amide bonds. The van der Waals surface area contributed by atoms with Crippen molar-refractivity contribution in [3.8, 4) is 11.1 Å². The van der Waals surface area contributed by atoms with Gasteiger partial charge in [-0.2, -0.15) is 0 Å². The van der Waals surface area contributed by atoms with Gasteiger partial charge in [-0.3, -0.25) is 14.6 Å². The fourth-order valence-electron chi connectivity index (χ4n) is 5.25. The third kappa shape index (κ3) is 8.05. The molecule has 1 aromatic carbocycles. The summed E-state index contributed by atoms with van der Waals surface area (Å²) in [6, 6.07) is 7.62. The number of nitrogens with two attached hydrogens (primary N) is 1. The second kappa shape index (κ2) is 12.4. The van der Waals surface area contributed by atoms with Gasteiger partial charge in [-0.25, -0.2) is 4.79 Å². The number of primary amides is 1. The van der Waals surface area contributed by atoms with E-state index in [-0.39, 0.29) is 24.3 Å². The first kappa shape index (κ1) is 31.1. The Kier molecular flexibility index (Phi) is 9.64. The number of nitrogens with one attached hydrogen (secondary N) is 1. The average Bonchev–Trinajstić information content (AvgIpc) is 3.33. The zero-order valence-corrected chi connectivity index (χ0v) is 25.4. The highest BCUT2D eigenvalue weighted by atomic mass is 16.6. The van der Waals surface area contributed by atoms with Gasteiger partial charge >= 0.3 is 6.09 Å². The zero-order valence-electron chi connectivity index (χ0n) is 25.4. The van der Waals surface area contributed by atoms with Gasteiger partial charge in [0, 0.05) is 30.0 Å². The van der Waals surface area contributed by atoms with Crippen LogP contribution >= 0.6 is 0 Å². The molecule has 1 fully saturated rings. The minimum Gasteiger partial charge on any atom is -0.444 e. The number of hydrogen-bond donors (Lipinski definition) is 2. The van der Waals surface area contributed by atoms with Gasteiger partial charge in [0.1, 0.15) is 11.6 Å². The fraction of sp³-hybridized carbons (Fsp3) is 0.562. The predicted molar refractivity (Wildman–Crippen MR) is 158 cm³/mol. The van der Waals surface area contributed by atoms with Gasteiger partial charge < -0.3 is 20.7 Å². The summed E-state index contributed by atoms with van der Waals surface area (Å²) in [5.41, 5.74) is 11.3. The first-order valence-electron chi connectivity index (χ1n) is 14.3. The van der Waals surface area contributed by atoms with Crippen molar-refractivity contribution in [1.29, 1.82) is 0 Å². The van der Waals surface area contributed by atoms with Gasteiger partial charge in [-0.15, -0.1) is 0 Å². The normalized spacial score (nSPS) is 15.7. The first-order chi connectivity index (χ1) is 18.6. The highest BCUT2D eigenvalue weighted by Crippen LogP contribution is 2.36. The summed E-state index contributed by atoms with van der Waals surface area (Å²) >= 11 is 0. The van der Waals surface area contributed by atoms with Crippen LogP contribution in [0.2, 0.25) is 0 Å². The van der Waals surface area contributed by atoms with Crippen molar-refractivity contribution >= 4 is 17.9 Å². The molecule has 1 atom stereocenters. The molecule has 8 heteroatoms. The van der Waals surface area contributed by atoms with Crippen molar-refractivity contribution in [2.24, 2.45) is 11.1 Å². The van der Waals surface area contributed by atoms with E-state index >= 15 is 0 Å². The van der Waals surface area contributed by atoms with E-state index in [0.717, 1.165) is 45.6 Å². The summed E-state index contributed by atoms with van der Waals surface area (Å²) in [6.07, 6.45) is 2.24. The van der Waals surface area contributed by atoms with E-state index in [1.54, 1.807) is 4.90 Å². The molecular formula is C32H46N4O4. The molecule has 8 nitrogen and oxygen atoms in total. The number of rotatable bonds is 8. The minimum absolute atomic E-state index is 0.0647. The van der Waals surface area contributed by atoms with Crippen LogP contribution in [0.1, 0.15) is 89.4 Å². The van der Waals surface area contributed by atoms with Crippen LogP contribution in [0.25, 0.3) is 11.1 Å². The molecule has 0 radical (unpaired) electrons. The lowest BCUT2D eigenvalue weighted by Gasteiger charge is -2.27. The van der Waals surface area contributed by atoms with Crippen molar-refractivity contribution in [3.05, 3.63) is 52.3 Å². The summed E-state index contributed by atoms with van der Waals surface area (Å²) in [5, 5.41) is 2.94. The number of aryl methyl sites for hydroxylation is 2. The number of hydrogen-bond acceptors (Lipinski definition) is 5. The minimum atomic E-state index is -0.632. The smallest absolute Gasteiger partial charge is 0.407 e. The first-order valence-corrected chi connectivity index (χ1v) is 14.3. The molecule has 3 N–H and O–H groups in total. The van der Waals surface area contributed by atoms with Gasteiger partial charge in [0.15, 0.2) is 0 Å². The van der Waals surface area contributed by atoms with Crippen molar-refractivity contribution < 1.29 is 19.1 Å². The Morgan fingerprint density at radius 3 is 2.25 bits per heavy atom. The topological polar surface area (TPSA) is 115 Å². The molecule has 218 valence electrons. The Balaban J connectivity index is 2.20. The maximum atomic E-state index is 13.7. The van der Waals surface area contributed by atoms with E-state index in [1.165, 1.54) is 0 Å². The number of ether oxygens (including phenoxy) is 1. The molecule has 0 spiro atoms. The van der Waals surface area contributed by atoms with Crippen molar-refractivity contribution in [2.75, 3.05) is 6.54 Å². The Bertz CT molecular complexity index is 1240. The molecular weight excluding hydrogens is 504 g/mol. The molecule has 0 bridgehead atoms. The van der Waals surface area contributed by atoms with E-state index < -0.39 is 23.6 Å². The summed E-state index contributed by atoms with van der Waals surface area (Å²) in [7, 11) is 0. The Morgan fingerprint density at radius 2 is 1.70 bits per heavy atom. The molecule has 0 unspecified atom stereocenters. The highest BCUT2D eigenvalue weighted by Gasteiger charge is 2.34. The Hall–Kier alpha value is -3.42. The molecule has 2 heterocycles. The van der Waals surface area contributed by atoms with Crippen LogP contribution in [-0.4, -0.2) is 46.0 Å². The second-order valence-corrected chi connectivity index (χ2v) is 13.0. The SMILES string of the molecule is CCc1nc(CC(C)(C)C)c(CNC(=O)OC(C)(C)C)c(-c2ccc(C)cc2)c1CC(=O)N1CCC[C@H]1C(N)=O. The lowest BCUT2D eigenvalue weighted by molar-refractivity contribution is -0.136. The summed E-state index contributed by atoms with van der Waals surface area (Å²) in [5.74, 6) is -0.609. The summed E-state index contributed by atoms with van der Waals surface area (Å²) < 4.78 is 5.53. The molecule has 3 rings (SSSR count). The standard InChI is InChI=1S/C32H46N4O4/c1-9-24-22(17-27(37)36-16-10-11-26(36)29(33)38)28(21-14-12-20(2)13-15-21)23(25(35-24)18-31(3,4)5)19-34-30(39)40-32(6,7)8/h12-15,26H,9-11,16-19H2,1-8H3,(H2,33,38)(H,34,39)/t26-/m0/s1. The molecule has 0 aliphatic carbocycles. The van der Waals surface area contributed by atoms with E-state index in [1.807, 2.05) is 46.8 Å². The van der Waals surface area contributed by atoms with Gasteiger partial charge in [0.25, 0.3) is 0 Å². The monoisotopic (exact) mass is 550 g/mol. The van der Waals surface area contributed by atoms with Crippen LogP contribution in [-0.2, 0) is 40.1 Å². The lowest BCUT2D eigenvalue weighted by Crippen LogP contribution is -2.44. The number of amides is 3. The Labute approximate surface area is 239 Å². The van der Waals surface area contributed by atoms with Crippen molar-refractivity contribution in [3.63, 3.8) is 0 Å². The molecule has 1 aliphatic rings. The molecule has 2 aromatic rings. The van der Waals surface area contributed by atoms with E-state index in [9.17, 15) is 14.4 Å². The summed E-state index contributed by atoms with van der Waals surface area (Å²) in [6.45, 7) is 16.7.